The Morgan fingerprint density at radius 1 is 1.06 bits per heavy atom. The number of H-pyrrole nitrogens is 1. The molecule has 1 aliphatic heterocycles. The minimum atomic E-state index is -0.260. The molecule has 2 aromatic carbocycles. The van der Waals surface area contributed by atoms with Crippen LogP contribution in [0.2, 0.25) is 0 Å². The Bertz CT molecular complexity index is 1220. The number of rotatable bonds is 6. The van der Waals surface area contributed by atoms with Crippen molar-refractivity contribution in [1.82, 2.24) is 15.1 Å². The highest BCUT2D eigenvalue weighted by atomic mass is 16.5. The van der Waals surface area contributed by atoms with Crippen molar-refractivity contribution >= 4 is 22.3 Å². The molecule has 8 heteroatoms. The molecule has 32 heavy (non-hydrogen) atoms. The van der Waals surface area contributed by atoms with Gasteiger partial charge in [0.1, 0.15) is 17.2 Å². The number of fused-ring (bicyclic) bond motifs is 1. The van der Waals surface area contributed by atoms with Crippen LogP contribution in [0.5, 0.6) is 17.2 Å². The van der Waals surface area contributed by atoms with Gasteiger partial charge in [-0.25, -0.2) is 5.10 Å². The van der Waals surface area contributed by atoms with Crippen LogP contribution in [-0.2, 0) is 11.2 Å². The maximum absolute atomic E-state index is 13.0. The fourth-order valence-electron chi connectivity index (χ4n) is 4.01. The van der Waals surface area contributed by atoms with Crippen LogP contribution in [0.25, 0.3) is 16.3 Å². The van der Waals surface area contributed by atoms with E-state index in [9.17, 15) is 9.59 Å². The summed E-state index contributed by atoms with van der Waals surface area (Å²) in [4.78, 5) is 26.7. The first-order valence-corrected chi connectivity index (χ1v) is 10.3. The minimum absolute atomic E-state index is 0.0429. The highest BCUT2D eigenvalue weighted by Crippen LogP contribution is 2.40. The molecule has 166 valence electrons. The molecule has 1 N–H and O–H groups in total. The number of ether oxygens (including phenoxy) is 3. The Morgan fingerprint density at radius 3 is 2.34 bits per heavy atom. The molecule has 1 aromatic heterocycles. The van der Waals surface area contributed by atoms with Gasteiger partial charge in [-0.3, -0.25) is 9.59 Å². The lowest BCUT2D eigenvalue weighted by molar-refractivity contribution is -0.130. The number of hydrogen-bond donors (Lipinski definition) is 1. The maximum Gasteiger partial charge on any atom is 0.272 e. The molecule has 0 fully saturated rings. The summed E-state index contributed by atoms with van der Waals surface area (Å²) in [6.45, 7) is 1.03. The average molecular weight is 435 g/mol. The highest BCUT2D eigenvalue weighted by molar-refractivity contribution is 5.89. The molecule has 1 amide bonds. The number of benzene rings is 2. The normalized spacial score (nSPS) is 13.6. The molecule has 0 saturated carbocycles. The van der Waals surface area contributed by atoms with Crippen LogP contribution >= 0.6 is 0 Å². The van der Waals surface area contributed by atoms with Gasteiger partial charge in [0, 0.05) is 30.6 Å². The molecule has 3 aromatic rings. The number of aromatic nitrogens is 2. The summed E-state index contributed by atoms with van der Waals surface area (Å²) in [6, 6.07) is 10.8. The monoisotopic (exact) mass is 435 g/mol. The molecular formula is C24H25N3O5. The Kier molecular flexibility index (Phi) is 6.11. The molecule has 0 unspecified atom stereocenters. The Labute approximate surface area is 185 Å². The third-order valence-electron chi connectivity index (χ3n) is 5.69. The Hall–Kier alpha value is -3.81. The van der Waals surface area contributed by atoms with E-state index in [1.165, 1.54) is 0 Å². The van der Waals surface area contributed by atoms with E-state index in [0.717, 1.165) is 11.1 Å². The summed E-state index contributed by atoms with van der Waals surface area (Å²) in [5.74, 6) is 1.93. The predicted octanol–water partition coefficient (Wildman–Crippen LogP) is 2.81. The summed E-state index contributed by atoms with van der Waals surface area (Å²) in [5, 5.41) is 7.84. The Balaban J connectivity index is 1.55. The number of carbonyl (C=O) groups is 1. The fraction of sp³-hybridized carbons (Fsp3) is 0.292. The van der Waals surface area contributed by atoms with Gasteiger partial charge in [-0.2, -0.15) is 5.10 Å². The maximum atomic E-state index is 13.0. The zero-order chi connectivity index (χ0) is 22.7. The van der Waals surface area contributed by atoms with Crippen LogP contribution in [0.15, 0.2) is 47.3 Å². The topological polar surface area (TPSA) is 93.8 Å². The fourth-order valence-corrected chi connectivity index (χ4v) is 4.01. The lowest BCUT2D eigenvalue weighted by atomic mass is 9.97. The summed E-state index contributed by atoms with van der Waals surface area (Å²) >= 11 is 0. The number of hydrogen-bond acceptors (Lipinski definition) is 6. The van der Waals surface area contributed by atoms with E-state index in [1.807, 2.05) is 30.3 Å². The summed E-state index contributed by atoms with van der Waals surface area (Å²) < 4.78 is 16.5. The Morgan fingerprint density at radius 2 is 1.75 bits per heavy atom. The van der Waals surface area contributed by atoms with Gasteiger partial charge in [-0.15, -0.1) is 0 Å². The lowest BCUT2D eigenvalue weighted by Gasteiger charge is -2.28. The number of methoxy groups -OCH3 is 3. The van der Waals surface area contributed by atoms with E-state index < -0.39 is 0 Å². The van der Waals surface area contributed by atoms with Crippen molar-refractivity contribution in [2.45, 2.75) is 12.8 Å². The van der Waals surface area contributed by atoms with Gasteiger partial charge >= 0.3 is 0 Å². The third-order valence-corrected chi connectivity index (χ3v) is 5.69. The van der Waals surface area contributed by atoms with Gasteiger partial charge in [-0.05, 0) is 18.1 Å². The molecular weight excluding hydrogens is 410 g/mol. The standard InChI is InChI=1S/C24H25N3O5/c1-30-16-12-20(31-2)23(21(13-16)32-3)15-8-10-27(11-9-15)22(28)14-19-17-6-4-5-7-18(17)24(29)26-25-19/h4-8,12-13H,9-11,14H2,1-3H3,(H,26,29). The number of nitrogens with zero attached hydrogens (tertiary/aromatic N) is 2. The van der Waals surface area contributed by atoms with Crippen LogP contribution in [0, 0.1) is 0 Å². The molecule has 0 aliphatic carbocycles. The molecule has 1 aliphatic rings. The van der Waals surface area contributed by atoms with Crippen molar-refractivity contribution in [3.63, 3.8) is 0 Å². The first-order valence-electron chi connectivity index (χ1n) is 10.3. The van der Waals surface area contributed by atoms with E-state index in [0.29, 0.717) is 53.2 Å². The molecule has 8 nitrogen and oxygen atoms in total. The zero-order valence-corrected chi connectivity index (χ0v) is 18.3. The summed E-state index contributed by atoms with van der Waals surface area (Å²) in [5.41, 5.74) is 2.23. The number of carbonyl (C=O) groups excluding carboxylic acids is 1. The second kappa shape index (κ2) is 9.13. The van der Waals surface area contributed by atoms with Crippen molar-refractivity contribution in [3.05, 3.63) is 64.1 Å². The molecule has 0 bridgehead atoms. The van der Waals surface area contributed by atoms with E-state index in [1.54, 1.807) is 38.4 Å². The summed E-state index contributed by atoms with van der Waals surface area (Å²) in [6.07, 6.45) is 2.80. The molecule has 0 atom stereocenters. The van der Waals surface area contributed by atoms with Gasteiger partial charge in [0.15, 0.2) is 0 Å². The predicted molar refractivity (Wildman–Crippen MR) is 121 cm³/mol. The van der Waals surface area contributed by atoms with Crippen LogP contribution in [-0.4, -0.2) is 55.4 Å². The quantitative estimate of drug-likeness (QED) is 0.640. The first-order chi connectivity index (χ1) is 15.5. The van der Waals surface area contributed by atoms with Crippen molar-refractivity contribution < 1.29 is 19.0 Å². The van der Waals surface area contributed by atoms with Crippen LogP contribution in [0.1, 0.15) is 17.7 Å². The van der Waals surface area contributed by atoms with Crippen molar-refractivity contribution in [1.29, 1.82) is 0 Å². The molecule has 0 radical (unpaired) electrons. The van der Waals surface area contributed by atoms with E-state index in [4.69, 9.17) is 14.2 Å². The largest absolute Gasteiger partial charge is 0.496 e. The van der Waals surface area contributed by atoms with Crippen LogP contribution < -0.4 is 19.8 Å². The lowest BCUT2D eigenvalue weighted by Crippen LogP contribution is -2.36. The molecule has 4 rings (SSSR count). The van der Waals surface area contributed by atoms with Gasteiger partial charge in [0.25, 0.3) is 5.56 Å². The average Bonchev–Trinajstić information content (AvgIpc) is 2.85. The highest BCUT2D eigenvalue weighted by Gasteiger charge is 2.24. The second-order valence-electron chi connectivity index (χ2n) is 7.45. The van der Waals surface area contributed by atoms with Gasteiger partial charge in [-0.1, -0.05) is 24.3 Å². The van der Waals surface area contributed by atoms with Gasteiger partial charge in [0.2, 0.25) is 5.91 Å². The summed E-state index contributed by atoms with van der Waals surface area (Å²) in [7, 11) is 4.81. The van der Waals surface area contributed by atoms with E-state index in [-0.39, 0.29) is 17.9 Å². The molecule has 0 spiro atoms. The number of amides is 1. The van der Waals surface area contributed by atoms with Gasteiger partial charge < -0.3 is 19.1 Å². The number of nitrogens with one attached hydrogen (secondary N) is 1. The van der Waals surface area contributed by atoms with Crippen LogP contribution in [0.4, 0.5) is 0 Å². The molecule has 2 heterocycles. The second-order valence-corrected chi connectivity index (χ2v) is 7.45. The van der Waals surface area contributed by atoms with E-state index in [2.05, 4.69) is 10.2 Å². The van der Waals surface area contributed by atoms with Crippen LogP contribution in [0.3, 0.4) is 0 Å². The van der Waals surface area contributed by atoms with Crippen molar-refractivity contribution in [3.8, 4) is 17.2 Å². The first kappa shape index (κ1) is 21.4. The number of aromatic amines is 1. The van der Waals surface area contributed by atoms with Crippen molar-refractivity contribution in [2.24, 2.45) is 0 Å². The van der Waals surface area contributed by atoms with E-state index >= 15 is 0 Å². The van der Waals surface area contributed by atoms with Gasteiger partial charge in [0.05, 0.1) is 44.4 Å². The van der Waals surface area contributed by atoms with Crippen molar-refractivity contribution in [2.75, 3.05) is 34.4 Å². The third kappa shape index (κ3) is 4.03. The SMILES string of the molecule is COc1cc(OC)c(C2=CCN(C(=O)Cc3n[nH]c(=O)c4ccccc34)CC2)c(OC)c1. The minimum Gasteiger partial charge on any atom is -0.496 e. The zero-order valence-electron chi connectivity index (χ0n) is 18.3. The smallest absolute Gasteiger partial charge is 0.272 e. The molecule has 0 saturated heterocycles.